The molecule has 4 nitrogen and oxygen atoms in total. The van der Waals surface area contributed by atoms with Gasteiger partial charge in [-0.25, -0.2) is 4.79 Å². The number of urea groups is 1. The number of likely N-dealkylation sites (N-methyl/N-ethyl adjacent to an activating group) is 1. The topological polar surface area (TPSA) is 49.4 Å². The van der Waals surface area contributed by atoms with Crippen molar-refractivity contribution in [3.8, 4) is 0 Å². The zero-order valence-electron chi connectivity index (χ0n) is 10.4. The summed E-state index contributed by atoms with van der Waals surface area (Å²) in [5.74, 6) is -0.0653. The lowest BCUT2D eigenvalue weighted by Crippen LogP contribution is -2.51. The van der Waals surface area contributed by atoms with Crippen LogP contribution in [0.1, 0.15) is 24.5 Å². The quantitative estimate of drug-likeness (QED) is 0.761. The van der Waals surface area contributed by atoms with Gasteiger partial charge in [0.15, 0.2) is 0 Å². The maximum atomic E-state index is 12.4. The van der Waals surface area contributed by atoms with Crippen molar-refractivity contribution in [2.24, 2.45) is 0 Å². The third-order valence-corrected chi connectivity index (χ3v) is 3.99. The Labute approximate surface area is 106 Å². The lowest BCUT2D eigenvalue weighted by atomic mass is 9.78. The maximum absolute atomic E-state index is 12.4. The number of imide groups is 1. The van der Waals surface area contributed by atoms with Crippen LogP contribution in [0, 0.1) is 0 Å². The second kappa shape index (κ2) is 3.83. The van der Waals surface area contributed by atoms with Crippen molar-refractivity contribution < 1.29 is 9.59 Å². The van der Waals surface area contributed by atoms with E-state index >= 15 is 0 Å². The molecule has 1 heterocycles. The van der Waals surface area contributed by atoms with Crippen molar-refractivity contribution in [1.82, 2.24) is 10.2 Å². The van der Waals surface area contributed by atoms with Crippen LogP contribution in [0.3, 0.4) is 0 Å². The van der Waals surface area contributed by atoms with Crippen LogP contribution in [0.25, 0.3) is 0 Å². The SMILES string of the molecule is CCN1C(=O)NC2(CCc3ccccc3C2)C1=O. The molecule has 0 radical (unpaired) electrons. The van der Waals surface area contributed by atoms with Crippen LogP contribution in [0.4, 0.5) is 4.79 Å². The fourth-order valence-corrected chi connectivity index (χ4v) is 2.99. The van der Waals surface area contributed by atoms with Gasteiger partial charge in [0.2, 0.25) is 0 Å². The van der Waals surface area contributed by atoms with E-state index in [0.717, 1.165) is 6.42 Å². The molecule has 18 heavy (non-hydrogen) atoms. The Kier molecular flexibility index (Phi) is 2.40. The summed E-state index contributed by atoms with van der Waals surface area (Å²) < 4.78 is 0. The fraction of sp³-hybridized carbons (Fsp3) is 0.429. The van der Waals surface area contributed by atoms with Gasteiger partial charge in [0.05, 0.1) is 0 Å². The van der Waals surface area contributed by atoms with E-state index in [-0.39, 0.29) is 11.9 Å². The highest BCUT2D eigenvalue weighted by atomic mass is 16.2. The molecule has 1 aliphatic carbocycles. The summed E-state index contributed by atoms with van der Waals surface area (Å²) in [4.78, 5) is 25.5. The normalized spacial score (nSPS) is 26.4. The van der Waals surface area contributed by atoms with Crippen molar-refractivity contribution in [2.75, 3.05) is 6.54 Å². The van der Waals surface area contributed by atoms with Crippen molar-refractivity contribution in [2.45, 2.75) is 31.7 Å². The maximum Gasteiger partial charge on any atom is 0.325 e. The van der Waals surface area contributed by atoms with Crippen molar-refractivity contribution >= 4 is 11.9 Å². The average molecular weight is 244 g/mol. The summed E-state index contributed by atoms with van der Waals surface area (Å²) >= 11 is 0. The van der Waals surface area contributed by atoms with Gasteiger partial charge < -0.3 is 5.32 Å². The molecular weight excluding hydrogens is 228 g/mol. The molecule has 1 saturated heterocycles. The number of carbonyl (C=O) groups is 2. The van der Waals surface area contributed by atoms with E-state index in [0.29, 0.717) is 19.4 Å². The molecule has 1 N–H and O–H groups in total. The van der Waals surface area contributed by atoms with E-state index in [1.165, 1.54) is 16.0 Å². The highest BCUT2D eigenvalue weighted by molar-refractivity contribution is 6.07. The van der Waals surface area contributed by atoms with Crippen molar-refractivity contribution in [3.05, 3.63) is 35.4 Å². The molecule has 1 spiro atoms. The van der Waals surface area contributed by atoms with Crippen LogP contribution in [-0.4, -0.2) is 28.9 Å². The number of benzene rings is 1. The summed E-state index contributed by atoms with van der Waals surface area (Å²) in [7, 11) is 0. The molecule has 2 aliphatic rings. The Morgan fingerprint density at radius 1 is 1.28 bits per heavy atom. The molecular formula is C14H16N2O2. The highest BCUT2D eigenvalue weighted by Crippen LogP contribution is 2.33. The first-order valence-corrected chi connectivity index (χ1v) is 6.37. The van der Waals surface area contributed by atoms with Gasteiger partial charge in [0.1, 0.15) is 5.54 Å². The predicted octanol–water partition coefficient (Wildman–Crippen LogP) is 1.49. The molecule has 0 saturated carbocycles. The second-order valence-electron chi connectivity index (χ2n) is 5.01. The van der Waals surface area contributed by atoms with Gasteiger partial charge in [-0.3, -0.25) is 9.69 Å². The second-order valence-corrected chi connectivity index (χ2v) is 5.01. The van der Waals surface area contributed by atoms with Gasteiger partial charge in [-0.1, -0.05) is 24.3 Å². The van der Waals surface area contributed by atoms with Gasteiger partial charge in [0, 0.05) is 13.0 Å². The van der Waals surface area contributed by atoms with Gasteiger partial charge >= 0.3 is 6.03 Å². The van der Waals surface area contributed by atoms with E-state index in [4.69, 9.17) is 0 Å². The highest BCUT2D eigenvalue weighted by Gasteiger charge is 2.51. The lowest BCUT2D eigenvalue weighted by molar-refractivity contribution is -0.131. The molecule has 0 bridgehead atoms. The minimum atomic E-state index is -0.693. The Balaban J connectivity index is 1.96. The van der Waals surface area contributed by atoms with E-state index in [9.17, 15) is 9.59 Å². The number of aryl methyl sites for hydroxylation is 1. The monoisotopic (exact) mass is 244 g/mol. The fourth-order valence-electron chi connectivity index (χ4n) is 2.99. The third-order valence-electron chi connectivity index (χ3n) is 3.99. The summed E-state index contributed by atoms with van der Waals surface area (Å²) in [6.45, 7) is 2.27. The number of amides is 3. The van der Waals surface area contributed by atoms with Crippen LogP contribution < -0.4 is 5.32 Å². The molecule has 3 rings (SSSR count). The number of hydrogen-bond donors (Lipinski definition) is 1. The standard InChI is InChI=1S/C14H16N2O2/c1-2-16-12(17)14(15-13(16)18)8-7-10-5-3-4-6-11(10)9-14/h3-6H,2,7-9H2,1H3,(H,15,18). The zero-order valence-corrected chi connectivity index (χ0v) is 10.4. The molecule has 0 aromatic heterocycles. The Hall–Kier alpha value is -1.84. The minimum absolute atomic E-state index is 0.0653. The number of rotatable bonds is 1. The third kappa shape index (κ3) is 1.45. The van der Waals surface area contributed by atoms with Crippen LogP contribution >= 0.6 is 0 Å². The first-order valence-electron chi connectivity index (χ1n) is 6.37. The van der Waals surface area contributed by atoms with Crippen LogP contribution in [0.2, 0.25) is 0 Å². The number of fused-ring (bicyclic) bond motifs is 1. The summed E-state index contributed by atoms with van der Waals surface area (Å²) in [6, 6.07) is 7.90. The molecule has 1 aromatic carbocycles. The van der Waals surface area contributed by atoms with Gasteiger partial charge in [0.25, 0.3) is 5.91 Å². The summed E-state index contributed by atoms with van der Waals surface area (Å²) in [6.07, 6.45) is 2.16. The average Bonchev–Trinajstić information content (AvgIpc) is 2.60. The number of carbonyl (C=O) groups excluding carboxylic acids is 2. The number of nitrogens with zero attached hydrogens (tertiary/aromatic N) is 1. The smallest absolute Gasteiger partial charge is 0.323 e. The Morgan fingerprint density at radius 2 is 2.00 bits per heavy atom. The minimum Gasteiger partial charge on any atom is -0.323 e. The molecule has 3 amide bonds. The van der Waals surface area contributed by atoms with E-state index in [1.807, 2.05) is 25.1 Å². The Morgan fingerprint density at radius 3 is 2.67 bits per heavy atom. The van der Waals surface area contributed by atoms with Crippen LogP contribution in [0.15, 0.2) is 24.3 Å². The number of nitrogens with one attached hydrogen (secondary N) is 1. The Bertz CT molecular complexity index is 526. The molecule has 94 valence electrons. The van der Waals surface area contributed by atoms with Crippen molar-refractivity contribution in [3.63, 3.8) is 0 Å². The largest absolute Gasteiger partial charge is 0.325 e. The molecule has 4 heteroatoms. The first-order chi connectivity index (χ1) is 8.66. The molecule has 1 atom stereocenters. The molecule has 1 fully saturated rings. The van der Waals surface area contributed by atoms with E-state index in [2.05, 4.69) is 11.4 Å². The van der Waals surface area contributed by atoms with Gasteiger partial charge in [-0.2, -0.15) is 0 Å². The first kappa shape index (κ1) is 11.3. The molecule has 1 aromatic rings. The predicted molar refractivity (Wildman–Crippen MR) is 67.1 cm³/mol. The molecule has 1 unspecified atom stereocenters. The molecule has 1 aliphatic heterocycles. The van der Waals surface area contributed by atoms with E-state index in [1.54, 1.807) is 0 Å². The zero-order chi connectivity index (χ0) is 12.8. The summed E-state index contributed by atoms with van der Waals surface area (Å²) in [5, 5.41) is 2.90. The van der Waals surface area contributed by atoms with Crippen LogP contribution in [-0.2, 0) is 17.6 Å². The number of hydrogen-bond acceptors (Lipinski definition) is 2. The lowest BCUT2D eigenvalue weighted by Gasteiger charge is -2.32. The van der Waals surface area contributed by atoms with Gasteiger partial charge in [-0.15, -0.1) is 0 Å². The summed E-state index contributed by atoms with van der Waals surface area (Å²) in [5.41, 5.74) is 1.78. The van der Waals surface area contributed by atoms with Crippen molar-refractivity contribution in [1.29, 1.82) is 0 Å². The van der Waals surface area contributed by atoms with E-state index < -0.39 is 5.54 Å². The van der Waals surface area contributed by atoms with Crippen LogP contribution in [0.5, 0.6) is 0 Å². The van der Waals surface area contributed by atoms with Gasteiger partial charge in [-0.05, 0) is 30.9 Å².